The van der Waals surface area contributed by atoms with Gasteiger partial charge in [0.05, 0.1) is 39.1 Å². The van der Waals surface area contributed by atoms with Crippen LogP contribution in [0.2, 0.25) is 0 Å². The van der Waals surface area contributed by atoms with E-state index in [1.54, 1.807) is 7.11 Å². The molecule has 4 aromatic rings. The van der Waals surface area contributed by atoms with Gasteiger partial charge in [-0.1, -0.05) is 121 Å². The zero-order valence-electron chi connectivity index (χ0n) is 24.1. The van der Waals surface area contributed by atoms with Crippen LogP contribution in [-0.2, 0) is 54.8 Å². The lowest BCUT2D eigenvalue weighted by atomic mass is 10.0. The minimum atomic E-state index is -0.510. The number of ether oxygens (including phenoxy) is 6. The van der Waals surface area contributed by atoms with Crippen molar-refractivity contribution in [2.24, 2.45) is 0 Å². The van der Waals surface area contributed by atoms with Gasteiger partial charge in [-0.05, 0) is 22.3 Å². The Bertz CT molecular complexity index is 1270. The molecule has 220 valence electrons. The fourth-order valence-corrected chi connectivity index (χ4v) is 5.11. The summed E-state index contributed by atoms with van der Waals surface area (Å²) in [4.78, 5) is 0. The second-order valence-corrected chi connectivity index (χ2v) is 10.4. The van der Waals surface area contributed by atoms with Crippen LogP contribution < -0.4 is 0 Å². The van der Waals surface area contributed by atoms with Crippen LogP contribution >= 0.6 is 0 Å². The van der Waals surface area contributed by atoms with Crippen molar-refractivity contribution < 1.29 is 28.4 Å². The van der Waals surface area contributed by atoms with Crippen LogP contribution in [0.25, 0.3) is 0 Å². The van der Waals surface area contributed by atoms with E-state index in [0.29, 0.717) is 39.5 Å². The van der Waals surface area contributed by atoms with Crippen LogP contribution in [-0.4, -0.2) is 44.4 Å². The Hall–Kier alpha value is -3.36. The predicted molar refractivity (Wildman–Crippen MR) is 161 cm³/mol. The molecular weight excluding hydrogens is 528 g/mol. The van der Waals surface area contributed by atoms with Crippen LogP contribution in [0, 0.1) is 0 Å². The van der Waals surface area contributed by atoms with Gasteiger partial charge in [-0.15, -0.1) is 0 Å². The molecule has 1 fully saturated rings. The van der Waals surface area contributed by atoms with Crippen molar-refractivity contribution in [1.82, 2.24) is 0 Å². The number of rotatable bonds is 14. The zero-order chi connectivity index (χ0) is 28.8. The highest BCUT2D eigenvalue weighted by Gasteiger charge is 2.44. The third-order valence-electron chi connectivity index (χ3n) is 7.34. The maximum Gasteiger partial charge on any atom is 0.160 e. The molecular formula is C36H40O6. The lowest BCUT2D eigenvalue weighted by Crippen LogP contribution is -2.48. The van der Waals surface area contributed by atoms with E-state index in [-0.39, 0.29) is 6.10 Å². The average molecular weight is 569 g/mol. The third-order valence-corrected chi connectivity index (χ3v) is 7.34. The van der Waals surface area contributed by atoms with E-state index in [1.807, 2.05) is 72.8 Å². The van der Waals surface area contributed by atoms with Crippen molar-refractivity contribution in [2.75, 3.05) is 13.7 Å². The first-order valence-corrected chi connectivity index (χ1v) is 14.5. The van der Waals surface area contributed by atoms with Crippen molar-refractivity contribution in [2.45, 2.75) is 63.6 Å². The van der Waals surface area contributed by atoms with Crippen LogP contribution in [0.15, 0.2) is 121 Å². The number of benzene rings is 4. The van der Waals surface area contributed by atoms with Crippen LogP contribution in [0.3, 0.4) is 0 Å². The van der Waals surface area contributed by atoms with Gasteiger partial charge in [-0.25, -0.2) is 0 Å². The number of hydrogen-bond acceptors (Lipinski definition) is 6. The van der Waals surface area contributed by atoms with Gasteiger partial charge in [0, 0.05) is 13.5 Å². The van der Waals surface area contributed by atoms with Gasteiger partial charge in [0.1, 0.15) is 18.3 Å². The first kappa shape index (κ1) is 30.1. The average Bonchev–Trinajstić information content (AvgIpc) is 3.19. The lowest BCUT2D eigenvalue weighted by Gasteiger charge is -2.34. The molecule has 0 radical (unpaired) electrons. The van der Waals surface area contributed by atoms with E-state index in [1.165, 1.54) is 0 Å². The van der Waals surface area contributed by atoms with Crippen LogP contribution in [0.1, 0.15) is 28.7 Å². The zero-order valence-corrected chi connectivity index (χ0v) is 24.1. The normalized spacial score (nSPS) is 22.5. The summed E-state index contributed by atoms with van der Waals surface area (Å²) in [5, 5.41) is 0. The molecule has 0 N–H and O–H groups in total. The molecule has 6 heteroatoms. The van der Waals surface area contributed by atoms with Crippen molar-refractivity contribution in [3.8, 4) is 0 Å². The summed E-state index contributed by atoms with van der Waals surface area (Å²) < 4.78 is 38.5. The molecule has 0 saturated carbocycles. The molecule has 42 heavy (non-hydrogen) atoms. The highest BCUT2D eigenvalue weighted by Crippen LogP contribution is 2.30. The van der Waals surface area contributed by atoms with Gasteiger partial charge < -0.3 is 28.4 Å². The van der Waals surface area contributed by atoms with Gasteiger partial charge in [0.25, 0.3) is 0 Å². The second kappa shape index (κ2) is 16.3. The lowest BCUT2D eigenvalue weighted by molar-refractivity contribution is -0.207. The standard InChI is InChI=1S/C36H40O6/c1-37-34-22-32(39-24-29-16-8-3-9-17-29)35(40-25-30-18-10-4-11-19-30)36(41-26-31-20-12-5-13-21-31)33(42-34)27-38-23-28-14-6-2-7-15-28/h2-21,32-36H,22-27H2,1H3/t32-,33+,34?,35+,36-/m0/s1. The maximum atomic E-state index is 6.70. The van der Waals surface area contributed by atoms with Crippen molar-refractivity contribution in [1.29, 1.82) is 0 Å². The highest BCUT2D eigenvalue weighted by molar-refractivity contribution is 5.16. The fraction of sp³-hybridized carbons (Fsp3) is 0.333. The van der Waals surface area contributed by atoms with Crippen LogP contribution in [0.4, 0.5) is 0 Å². The molecule has 5 atom stereocenters. The Labute approximate surface area is 249 Å². The molecule has 0 aromatic heterocycles. The summed E-state index contributed by atoms with van der Waals surface area (Å²) in [6.45, 7) is 2.03. The Morgan fingerprint density at radius 3 is 1.45 bits per heavy atom. The summed E-state index contributed by atoms with van der Waals surface area (Å²) in [6, 6.07) is 40.6. The van der Waals surface area contributed by atoms with Crippen molar-refractivity contribution >= 4 is 0 Å². The molecule has 1 unspecified atom stereocenters. The van der Waals surface area contributed by atoms with Crippen molar-refractivity contribution in [3.63, 3.8) is 0 Å². The molecule has 5 rings (SSSR count). The highest BCUT2D eigenvalue weighted by atomic mass is 16.7. The SMILES string of the molecule is COC1C[C@H](OCc2ccccc2)[C@@H](OCc2ccccc2)[C@@H](OCc2ccccc2)[C@@H](COCc2ccccc2)O1. The maximum absolute atomic E-state index is 6.70. The summed E-state index contributed by atoms with van der Waals surface area (Å²) in [5.41, 5.74) is 4.32. The molecule has 6 nitrogen and oxygen atoms in total. The van der Waals surface area contributed by atoms with E-state index < -0.39 is 24.6 Å². The molecule has 0 aliphatic carbocycles. The van der Waals surface area contributed by atoms with E-state index >= 15 is 0 Å². The van der Waals surface area contributed by atoms with Gasteiger partial charge in [0.15, 0.2) is 6.29 Å². The topological polar surface area (TPSA) is 55.4 Å². The number of methoxy groups -OCH3 is 1. The molecule has 0 bridgehead atoms. The summed E-state index contributed by atoms with van der Waals surface area (Å²) in [7, 11) is 1.66. The first-order valence-electron chi connectivity index (χ1n) is 14.5. The van der Waals surface area contributed by atoms with E-state index in [9.17, 15) is 0 Å². The smallest absolute Gasteiger partial charge is 0.160 e. The molecule has 4 aromatic carbocycles. The molecule has 1 saturated heterocycles. The largest absolute Gasteiger partial charge is 0.374 e. The minimum Gasteiger partial charge on any atom is -0.374 e. The van der Waals surface area contributed by atoms with Crippen molar-refractivity contribution in [3.05, 3.63) is 144 Å². The Kier molecular flexibility index (Phi) is 11.7. The quantitative estimate of drug-likeness (QED) is 0.168. The first-order chi connectivity index (χ1) is 20.8. The molecule has 1 heterocycles. The van der Waals surface area contributed by atoms with Gasteiger partial charge in [-0.3, -0.25) is 0 Å². The van der Waals surface area contributed by atoms with Crippen LogP contribution in [0.5, 0.6) is 0 Å². The monoisotopic (exact) mass is 568 g/mol. The third kappa shape index (κ3) is 9.07. The van der Waals surface area contributed by atoms with E-state index in [0.717, 1.165) is 22.3 Å². The molecule has 0 spiro atoms. The molecule has 1 aliphatic heterocycles. The summed E-state index contributed by atoms with van der Waals surface area (Å²) in [5.74, 6) is 0. The Balaban J connectivity index is 1.41. The summed E-state index contributed by atoms with van der Waals surface area (Å²) in [6.07, 6.45) is -1.74. The molecule has 0 amide bonds. The Morgan fingerprint density at radius 1 is 0.548 bits per heavy atom. The van der Waals surface area contributed by atoms with E-state index in [2.05, 4.69) is 48.5 Å². The fourth-order valence-electron chi connectivity index (χ4n) is 5.11. The van der Waals surface area contributed by atoms with Gasteiger partial charge >= 0.3 is 0 Å². The Morgan fingerprint density at radius 2 is 0.976 bits per heavy atom. The van der Waals surface area contributed by atoms with Gasteiger partial charge in [-0.2, -0.15) is 0 Å². The molecule has 1 aliphatic rings. The van der Waals surface area contributed by atoms with E-state index in [4.69, 9.17) is 28.4 Å². The van der Waals surface area contributed by atoms with Gasteiger partial charge in [0.2, 0.25) is 0 Å². The minimum absolute atomic E-state index is 0.310. The second-order valence-electron chi connectivity index (χ2n) is 10.4. The number of hydrogen-bond donors (Lipinski definition) is 0. The predicted octanol–water partition coefficient (Wildman–Crippen LogP) is 6.72. The summed E-state index contributed by atoms with van der Waals surface area (Å²) >= 11 is 0.